The molecule has 0 aliphatic carbocycles. The quantitative estimate of drug-likeness (QED) is 0.505. The number of ether oxygens (including phenoxy) is 1. The lowest BCUT2D eigenvalue weighted by Gasteiger charge is -2.33. The van der Waals surface area contributed by atoms with Crippen LogP contribution in [0.1, 0.15) is 72.6 Å². The van der Waals surface area contributed by atoms with Gasteiger partial charge in [-0.25, -0.2) is 0 Å². The van der Waals surface area contributed by atoms with Crippen LogP contribution in [0, 0.1) is 0 Å². The van der Waals surface area contributed by atoms with E-state index in [9.17, 15) is 5.11 Å². The zero-order valence-corrected chi connectivity index (χ0v) is 13.5. The first kappa shape index (κ1) is 18.9. The van der Waals surface area contributed by atoms with Crippen LogP contribution in [0.4, 0.5) is 0 Å². The standard InChI is InChI=1S/C16H35NO2/c1-5-9-10-11-12-19-14-15(18)13-17-16(6-2,7-3)8-4/h15,17-18H,5-14H2,1-4H3. The second kappa shape index (κ2) is 11.7. The molecule has 0 radical (unpaired) electrons. The molecule has 3 nitrogen and oxygen atoms in total. The van der Waals surface area contributed by atoms with E-state index in [1.807, 2.05) is 0 Å². The topological polar surface area (TPSA) is 41.5 Å². The first-order valence-corrected chi connectivity index (χ1v) is 8.14. The van der Waals surface area contributed by atoms with Crippen molar-refractivity contribution < 1.29 is 9.84 Å². The molecule has 0 fully saturated rings. The maximum atomic E-state index is 9.91. The molecule has 19 heavy (non-hydrogen) atoms. The smallest absolute Gasteiger partial charge is 0.0897 e. The molecule has 0 aromatic heterocycles. The Balaban J connectivity index is 3.65. The van der Waals surface area contributed by atoms with E-state index in [1.165, 1.54) is 19.3 Å². The summed E-state index contributed by atoms with van der Waals surface area (Å²) in [6.07, 6.45) is 7.78. The van der Waals surface area contributed by atoms with Crippen molar-refractivity contribution in [3.05, 3.63) is 0 Å². The molecule has 0 spiro atoms. The van der Waals surface area contributed by atoms with Gasteiger partial charge in [0.15, 0.2) is 0 Å². The molecule has 3 heteroatoms. The maximum Gasteiger partial charge on any atom is 0.0897 e. The summed E-state index contributed by atoms with van der Waals surface area (Å²) in [6.45, 7) is 10.7. The Kier molecular flexibility index (Phi) is 11.6. The molecule has 0 saturated heterocycles. The van der Waals surface area contributed by atoms with Gasteiger partial charge in [-0.05, 0) is 25.7 Å². The number of aliphatic hydroxyl groups is 1. The summed E-state index contributed by atoms with van der Waals surface area (Å²) in [5.41, 5.74) is 0.183. The third-order valence-electron chi connectivity index (χ3n) is 4.20. The Morgan fingerprint density at radius 1 is 1.00 bits per heavy atom. The first-order valence-electron chi connectivity index (χ1n) is 8.14. The highest BCUT2D eigenvalue weighted by Gasteiger charge is 2.23. The minimum atomic E-state index is -0.393. The largest absolute Gasteiger partial charge is 0.389 e. The Bertz CT molecular complexity index is 185. The Labute approximate surface area is 120 Å². The summed E-state index contributed by atoms with van der Waals surface area (Å²) < 4.78 is 5.52. The Hall–Kier alpha value is -0.120. The average Bonchev–Trinajstić information content (AvgIpc) is 2.45. The van der Waals surface area contributed by atoms with Gasteiger partial charge in [0.2, 0.25) is 0 Å². The van der Waals surface area contributed by atoms with E-state index in [2.05, 4.69) is 33.0 Å². The number of rotatable bonds is 13. The number of nitrogens with one attached hydrogen (secondary N) is 1. The van der Waals surface area contributed by atoms with Gasteiger partial charge in [0, 0.05) is 18.7 Å². The van der Waals surface area contributed by atoms with Crippen LogP contribution < -0.4 is 5.32 Å². The molecule has 2 N–H and O–H groups in total. The molecule has 1 unspecified atom stereocenters. The van der Waals surface area contributed by atoms with Crippen LogP contribution >= 0.6 is 0 Å². The van der Waals surface area contributed by atoms with E-state index in [0.717, 1.165) is 32.3 Å². The van der Waals surface area contributed by atoms with E-state index in [4.69, 9.17) is 4.74 Å². The van der Waals surface area contributed by atoms with Crippen LogP contribution in [0.15, 0.2) is 0 Å². The number of hydrogen-bond acceptors (Lipinski definition) is 3. The van der Waals surface area contributed by atoms with Gasteiger partial charge in [-0.1, -0.05) is 47.0 Å². The molecule has 0 rings (SSSR count). The van der Waals surface area contributed by atoms with Crippen molar-refractivity contribution in [2.75, 3.05) is 19.8 Å². The molecule has 0 saturated carbocycles. The predicted molar refractivity (Wildman–Crippen MR) is 82.6 cm³/mol. The highest BCUT2D eigenvalue weighted by atomic mass is 16.5. The fraction of sp³-hybridized carbons (Fsp3) is 1.00. The van der Waals surface area contributed by atoms with Gasteiger partial charge in [-0.2, -0.15) is 0 Å². The zero-order chi connectivity index (χ0) is 14.6. The molecule has 116 valence electrons. The Morgan fingerprint density at radius 3 is 2.16 bits per heavy atom. The fourth-order valence-electron chi connectivity index (χ4n) is 2.37. The molecule has 0 aliphatic rings. The van der Waals surface area contributed by atoms with Crippen molar-refractivity contribution in [1.82, 2.24) is 5.32 Å². The summed E-state index contributed by atoms with van der Waals surface area (Å²) in [5.74, 6) is 0. The molecule has 0 aliphatic heterocycles. The van der Waals surface area contributed by atoms with Gasteiger partial charge in [-0.15, -0.1) is 0 Å². The fourth-order valence-corrected chi connectivity index (χ4v) is 2.37. The summed E-state index contributed by atoms with van der Waals surface area (Å²) in [5, 5.41) is 13.4. The van der Waals surface area contributed by atoms with Crippen molar-refractivity contribution in [3.8, 4) is 0 Å². The molecule has 0 heterocycles. The number of aliphatic hydroxyl groups excluding tert-OH is 1. The van der Waals surface area contributed by atoms with E-state index >= 15 is 0 Å². The summed E-state index contributed by atoms with van der Waals surface area (Å²) in [7, 11) is 0. The molecule has 0 aromatic rings. The average molecular weight is 273 g/mol. The molecular weight excluding hydrogens is 238 g/mol. The summed E-state index contributed by atoms with van der Waals surface area (Å²) >= 11 is 0. The van der Waals surface area contributed by atoms with Gasteiger partial charge in [0.05, 0.1) is 12.7 Å². The lowest BCUT2D eigenvalue weighted by Crippen LogP contribution is -2.47. The zero-order valence-electron chi connectivity index (χ0n) is 13.5. The van der Waals surface area contributed by atoms with Crippen LogP contribution in [0.25, 0.3) is 0 Å². The van der Waals surface area contributed by atoms with Gasteiger partial charge < -0.3 is 15.2 Å². The van der Waals surface area contributed by atoms with Crippen molar-refractivity contribution in [3.63, 3.8) is 0 Å². The lowest BCUT2D eigenvalue weighted by atomic mass is 9.90. The normalized spacial score (nSPS) is 13.7. The van der Waals surface area contributed by atoms with Crippen molar-refractivity contribution in [2.24, 2.45) is 0 Å². The van der Waals surface area contributed by atoms with Crippen molar-refractivity contribution in [2.45, 2.75) is 84.3 Å². The van der Waals surface area contributed by atoms with Crippen LogP contribution in [0.5, 0.6) is 0 Å². The van der Waals surface area contributed by atoms with Gasteiger partial charge >= 0.3 is 0 Å². The Morgan fingerprint density at radius 2 is 1.63 bits per heavy atom. The number of β-amino-alcohol motifs (C(OH)–C–C–N with tert-alkyl or cyclic N) is 1. The third kappa shape index (κ3) is 8.61. The maximum absolute atomic E-state index is 9.91. The second-order valence-electron chi connectivity index (χ2n) is 5.51. The van der Waals surface area contributed by atoms with Crippen LogP contribution in [-0.2, 0) is 4.74 Å². The first-order chi connectivity index (χ1) is 9.14. The van der Waals surface area contributed by atoms with Crippen molar-refractivity contribution >= 4 is 0 Å². The third-order valence-corrected chi connectivity index (χ3v) is 4.20. The van der Waals surface area contributed by atoms with E-state index in [-0.39, 0.29) is 5.54 Å². The van der Waals surface area contributed by atoms with Crippen LogP contribution in [0.2, 0.25) is 0 Å². The molecule has 0 aromatic carbocycles. The van der Waals surface area contributed by atoms with Gasteiger partial charge in [0.25, 0.3) is 0 Å². The lowest BCUT2D eigenvalue weighted by molar-refractivity contribution is 0.0304. The SMILES string of the molecule is CCCCCCOCC(O)CNC(CC)(CC)CC. The highest BCUT2D eigenvalue weighted by molar-refractivity contribution is 4.84. The summed E-state index contributed by atoms with van der Waals surface area (Å²) in [6, 6.07) is 0. The van der Waals surface area contributed by atoms with Crippen LogP contribution in [-0.4, -0.2) is 36.5 Å². The number of hydrogen-bond donors (Lipinski definition) is 2. The molecule has 1 atom stereocenters. The van der Waals surface area contributed by atoms with E-state index in [0.29, 0.717) is 13.2 Å². The molecular formula is C16H35NO2. The van der Waals surface area contributed by atoms with E-state index < -0.39 is 6.10 Å². The van der Waals surface area contributed by atoms with Crippen molar-refractivity contribution in [1.29, 1.82) is 0 Å². The monoisotopic (exact) mass is 273 g/mol. The van der Waals surface area contributed by atoms with Gasteiger partial charge in [-0.3, -0.25) is 0 Å². The molecule has 0 amide bonds. The minimum Gasteiger partial charge on any atom is -0.389 e. The van der Waals surface area contributed by atoms with E-state index in [1.54, 1.807) is 0 Å². The number of unbranched alkanes of at least 4 members (excludes halogenated alkanes) is 3. The second-order valence-corrected chi connectivity index (χ2v) is 5.51. The predicted octanol–water partition coefficient (Wildman–Crippen LogP) is 3.50. The minimum absolute atomic E-state index is 0.183. The van der Waals surface area contributed by atoms with Gasteiger partial charge in [0.1, 0.15) is 0 Å². The highest BCUT2D eigenvalue weighted by Crippen LogP contribution is 2.18. The summed E-state index contributed by atoms with van der Waals surface area (Å²) in [4.78, 5) is 0. The van der Waals surface area contributed by atoms with Crippen LogP contribution in [0.3, 0.4) is 0 Å². The molecule has 0 bridgehead atoms.